The highest BCUT2D eigenvalue weighted by atomic mass is 35.5. The van der Waals surface area contributed by atoms with Crippen molar-refractivity contribution in [1.82, 2.24) is 25.3 Å². The first-order valence-corrected chi connectivity index (χ1v) is 9.33. The van der Waals surface area contributed by atoms with Crippen LogP contribution in [0.1, 0.15) is 37.1 Å². The Morgan fingerprint density at radius 1 is 1.26 bits per heavy atom. The van der Waals surface area contributed by atoms with Crippen LogP contribution >= 0.6 is 24.8 Å². The van der Waals surface area contributed by atoms with E-state index in [1.54, 1.807) is 4.68 Å². The second kappa shape index (κ2) is 10.9. The second-order valence-electron chi connectivity index (χ2n) is 7.33. The van der Waals surface area contributed by atoms with Crippen LogP contribution in [0.5, 0.6) is 0 Å². The normalized spacial score (nSPS) is 21.9. The maximum atomic E-state index is 12.6. The van der Waals surface area contributed by atoms with Gasteiger partial charge in [-0.3, -0.25) is 14.3 Å². The number of nitrogens with one attached hydrogen (secondary N) is 2. The Labute approximate surface area is 173 Å². The molecule has 3 heterocycles. The van der Waals surface area contributed by atoms with Gasteiger partial charge < -0.3 is 15.5 Å². The number of carbonyl (C=O) groups excluding carboxylic acids is 2. The predicted molar refractivity (Wildman–Crippen MR) is 110 cm³/mol. The van der Waals surface area contributed by atoms with Crippen LogP contribution in [-0.2, 0) is 16.1 Å². The van der Waals surface area contributed by atoms with Crippen molar-refractivity contribution >= 4 is 36.6 Å². The number of aryl methyl sites for hydroxylation is 2. The quantitative estimate of drug-likeness (QED) is 0.756. The van der Waals surface area contributed by atoms with E-state index in [1.165, 1.54) is 0 Å². The van der Waals surface area contributed by atoms with Crippen LogP contribution in [0.4, 0.5) is 0 Å². The zero-order chi connectivity index (χ0) is 17.8. The smallest absolute Gasteiger partial charge is 0.244 e. The number of nitrogens with zero attached hydrogens (tertiary/aromatic N) is 3. The molecule has 154 valence electrons. The second-order valence-corrected chi connectivity index (χ2v) is 7.33. The lowest BCUT2D eigenvalue weighted by molar-refractivity contribution is -0.133. The summed E-state index contributed by atoms with van der Waals surface area (Å²) in [5.41, 5.74) is 1.95. The Morgan fingerprint density at radius 3 is 2.67 bits per heavy atom. The van der Waals surface area contributed by atoms with Gasteiger partial charge in [-0.15, -0.1) is 24.8 Å². The third-order valence-electron chi connectivity index (χ3n) is 5.20. The Bertz CT molecular complexity index is 631. The lowest BCUT2D eigenvalue weighted by Crippen LogP contribution is -2.47. The fourth-order valence-electron chi connectivity index (χ4n) is 3.80. The molecule has 3 rings (SSSR count). The van der Waals surface area contributed by atoms with Crippen molar-refractivity contribution in [2.45, 2.75) is 52.1 Å². The van der Waals surface area contributed by atoms with Crippen LogP contribution in [-0.4, -0.2) is 58.7 Å². The average molecular weight is 420 g/mol. The highest BCUT2D eigenvalue weighted by Crippen LogP contribution is 2.17. The first-order chi connectivity index (χ1) is 12.0. The van der Waals surface area contributed by atoms with Gasteiger partial charge in [0.25, 0.3) is 0 Å². The van der Waals surface area contributed by atoms with Crippen molar-refractivity contribution < 1.29 is 9.59 Å². The van der Waals surface area contributed by atoms with Gasteiger partial charge in [-0.05, 0) is 58.1 Å². The lowest BCUT2D eigenvalue weighted by atomic mass is 9.97. The van der Waals surface area contributed by atoms with Crippen LogP contribution in [0.15, 0.2) is 6.07 Å². The number of amides is 2. The van der Waals surface area contributed by atoms with E-state index < -0.39 is 0 Å². The van der Waals surface area contributed by atoms with Gasteiger partial charge in [0.2, 0.25) is 11.8 Å². The molecule has 2 aliphatic heterocycles. The summed E-state index contributed by atoms with van der Waals surface area (Å²) in [6.07, 6.45) is 4.03. The molecule has 0 aliphatic carbocycles. The van der Waals surface area contributed by atoms with Gasteiger partial charge in [0.15, 0.2) is 0 Å². The number of hydrogen-bond acceptors (Lipinski definition) is 4. The number of hydrogen-bond donors (Lipinski definition) is 2. The Balaban J connectivity index is 0.00000182. The highest BCUT2D eigenvalue weighted by Gasteiger charge is 2.26. The van der Waals surface area contributed by atoms with Crippen LogP contribution in [0, 0.1) is 19.8 Å². The zero-order valence-corrected chi connectivity index (χ0v) is 17.7. The number of rotatable bonds is 5. The van der Waals surface area contributed by atoms with Crippen molar-refractivity contribution in [2.24, 2.45) is 5.92 Å². The van der Waals surface area contributed by atoms with E-state index in [0.717, 1.165) is 56.7 Å². The molecule has 0 aromatic carbocycles. The Hall–Kier alpha value is -1.31. The molecule has 2 N–H and O–H groups in total. The summed E-state index contributed by atoms with van der Waals surface area (Å²) in [7, 11) is 0. The molecule has 1 aromatic rings. The van der Waals surface area contributed by atoms with E-state index >= 15 is 0 Å². The van der Waals surface area contributed by atoms with Crippen LogP contribution < -0.4 is 10.6 Å². The van der Waals surface area contributed by atoms with Crippen molar-refractivity contribution in [1.29, 1.82) is 0 Å². The third kappa shape index (κ3) is 6.36. The molecule has 2 saturated heterocycles. The minimum absolute atomic E-state index is 0. The van der Waals surface area contributed by atoms with E-state index in [2.05, 4.69) is 15.7 Å². The molecule has 0 radical (unpaired) electrons. The molecule has 1 aromatic heterocycles. The van der Waals surface area contributed by atoms with Gasteiger partial charge in [0.05, 0.1) is 11.7 Å². The summed E-state index contributed by atoms with van der Waals surface area (Å²) in [6, 6.07) is 1.95. The van der Waals surface area contributed by atoms with Gasteiger partial charge in [-0.25, -0.2) is 0 Å². The van der Waals surface area contributed by atoms with Gasteiger partial charge in [0.1, 0.15) is 6.54 Å². The fraction of sp³-hybridized carbons (Fsp3) is 0.722. The molecule has 2 aliphatic rings. The molecule has 7 nitrogen and oxygen atoms in total. The summed E-state index contributed by atoms with van der Waals surface area (Å²) < 4.78 is 1.77. The van der Waals surface area contributed by atoms with Gasteiger partial charge in [0, 0.05) is 25.3 Å². The third-order valence-corrected chi connectivity index (χ3v) is 5.20. The molecule has 2 amide bonds. The molecule has 27 heavy (non-hydrogen) atoms. The fourth-order valence-corrected chi connectivity index (χ4v) is 3.80. The number of halogens is 2. The largest absolute Gasteiger partial charge is 0.354 e. The van der Waals surface area contributed by atoms with E-state index in [1.807, 2.05) is 24.8 Å². The average Bonchev–Trinajstić information content (AvgIpc) is 3.23. The maximum absolute atomic E-state index is 12.6. The zero-order valence-electron chi connectivity index (χ0n) is 16.1. The minimum Gasteiger partial charge on any atom is -0.354 e. The molecule has 2 atom stereocenters. The molecule has 9 heteroatoms. The van der Waals surface area contributed by atoms with Gasteiger partial charge in [-0.2, -0.15) is 5.10 Å². The molecule has 0 saturated carbocycles. The van der Waals surface area contributed by atoms with E-state index in [-0.39, 0.29) is 42.7 Å². The summed E-state index contributed by atoms with van der Waals surface area (Å²) in [5.74, 6) is 0.548. The van der Waals surface area contributed by atoms with Crippen LogP contribution in [0.2, 0.25) is 0 Å². The van der Waals surface area contributed by atoms with Crippen LogP contribution in [0.3, 0.4) is 0 Å². The lowest BCUT2D eigenvalue weighted by Gasteiger charge is -2.33. The summed E-state index contributed by atoms with van der Waals surface area (Å²) in [6.45, 7) is 7.30. The first-order valence-electron chi connectivity index (χ1n) is 9.33. The Morgan fingerprint density at radius 2 is 2.04 bits per heavy atom. The molecular weight excluding hydrogens is 389 g/mol. The summed E-state index contributed by atoms with van der Waals surface area (Å²) >= 11 is 0. The molecule has 0 spiro atoms. The highest BCUT2D eigenvalue weighted by molar-refractivity contribution is 5.85. The van der Waals surface area contributed by atoms with Crippen LogP contribution in [0.25, 0.3) is 0 Å². The standard InChI is InChI=1S/C18H29N5O2.2ClH/c1-13-9-14(2)23(21-13)12-17(24)22-8-4-5-15(11-22)10-20-18(25)16-6-3-7-19-16;;/h9,15-16,19H,3-8,10-12H2,1-2H3,(H,20,25);2*1H. The maximum Gasteiger partial charge on any atom is 0.244 e. The summed E-state index contributed by atoms with van der Waals surface area (Å²) in [4.78, 5) is 26.6. The number of aromatic nitrogens is 2. The van der Waals surface area contributed by atoms with Gasteiger partial charge in [-0.1, -0.05) is 0 Å². The molecule has 2 unspecified atom stereocenters. The van der Waals surface area contributed by atoms with E-state index in [4.69, 9.17) is 0 Å². The SMILES string of the molecule is Cc1cc(C)n(CC(=O)N2CCCC(CNC(=O)C3CCCN3)C2)n1.Cl.Cl. The van der Waals surface area contributed by atoms with Crippen molar-refractivity contribution in [3.8, 4) is 0 Å². The van der Waals surface area contributed by atoms with E-state index in [9.17, 15) is 9.59 Å². The Kier molecular flexibility index (Phi) is 9.56. The number of carbonyl (C=O) groups is 2. The number of piperidine rings is 1. The summed E-state index contributed by atoms with van der Waals surface area (Å²) in [5, 5.41) is 10.7. The monoisotopic (exact) mass is 419 g/mol. The molecule has 2 fully saturated rings. The first kappa shape index (κ1) is 23.7. The van der Waals surface area contributed by atoms with Gasteiger partial charge >= 0.3 is 0 Å². The minimum atomic E-state index is -0.0349. The molecular formula is C18H31Cl2N5O2. The molecule has 0 bridgehead atoms. The van der Waals surface area contributed by atoms with Crippen molar-refractivity contribution in [3.05, 3.63) is 17.5 Å². The van der Waals surface area contributed by atoms with Crippen molar-refractivity contribution in [2.75, 3.05) is 26.2 Å². The number of likely N-dealkylation sites (tertiary alicyclic amines) is 1. The topological polar surface area (TPSA) is 79.3 Å². The van der Waals surface area contributed by atoms with Crippen molar-refractivity contribution in [3.63, 3.8) is 0 Å². The predicted octanol–water partition coefficient (Wildman–Crippen LogP) is 1.45. The van der Waals surface area contributed by atoms with E-state index in [0.29, 0.717) is 19.0 Å².